The zero-order valence-corrected chi connectivity index (χ0v) is 30.3. The van der Waals surface area contributed by atoms with E-state index in [1.807, 2.05) is 6.92 Å². The molecular weight excluding hydrogens is 632 g/mol. The minimum absolute atomic E-state index is 0.0519. The van der Waals surface area contributed by atoms with Crippen LogP contribution in [0.4, 0.5) is 0 Å². The zero-order chi connectivity index (χ0) is 34.9. The van der Waals surface area contributed by atoms with Crippen LogP contribution in [-0.2, 0) is 38.0 Å². The Hall–Kier alpha value is -1.15. The highest BCUT2D eigenvalue weighted by Gasteiger charge is 2.85. The predicted molar refractivity (Wildman–Crippen MR) is 172 cm³/mol. The molecular formula is C38H56O11. The van der Waals surface area contributed by atoms with E-state index in [2.05, 4.69) is 40.7 Å². The average molecular weight is 689 g/mol. The highest BCUT2D eigenvalue weighted by atomic mass is 16.8. The molecule has 18 atom stereocenters. The first kappa shape index (κ1) is 33.7. The Kier molecular flexibility index (Phi) is 6.93. The van der Waals surface area contributed by atoms with Gasteiger partial charge < -0.3 is 48.5 Å². The third-order valence-electron chi connectivity index (χ3n) is 16.3. The summed E-state index contributed by atoms with van der Waals surface area (Å²) in [5.41, 5.74) is 0.173. The number of epoxide rings is 1. The number of fused-ring (bicyclic) bond motifs is 6. The molecule has 4 heterocycles. The number of ether oxygens (including phenoxy) is 7. The van der Waals surface area contributed by atoms with Gasteiger partial charge in [0.15, 0.2) is 12.6 Å². The number of hydrogen-bond acceptors (Lipinski definition) is 11. The van der Waals surface area contributed by atoms with E-state index < -0.39 is 42.3 Å². The van der Waals surface area contributed by atoms with Crippen LogP contribution in [0.15, 0.2) is 11.6 Å². The fourth-order valence-corrected chi connectivity index (χ4v) is 14.0. The number of carbonyl (C=O) groups is 1. The predicted octanol–water partition coefficient (Wildman–Crippen LogP) is 3.60. The SMILES string of the molecule is CO[C@@H]1O[C@]2(C[C@@H](C)[C@H]3[C@H](C[C@@]4(C)C5=CC[C@@H]6C(C)(C)[C@H](O[C@@H]7OC[C@@H](O)[C@H](O)[C@H]7O)CC[C@@]67C[C@@]57C[C@@H](OC(C)=O)[C@]34C)O2)[C@H]2O[C@@]12C. The van der Waals surface area contributed by atoms with E-state index in [1.54, 1.807) is 14.0 Å². The molecule has 0 amide bonds. The molecule has 4 saturated carbocycles. The van der Waals surface area contributed by atoms with Gasteiger partial charge in [0.05, 0.1) is 18.8 Å². The Morgan fingerprint density at radius 1 is 0.980 bits per heavy atom. The fourth-order valence-electron chi connectivity index (χ4n) is 14.0. The Balaban J connectivity index is 1.05. The van der Waals surface area contributed by atoms with E-state index in [0.717, 1.165) is 38.5 Å². The average Bonchev–Trinajstić information content (AvgIpc) is 3.86. The largest absolute Gasteiger partial charge is 0.462 e. The van der Waals surface area contributed by atoms with Gasteiger partial charge in [0, 0.05) is 36.7 Å². The maximum atomic E-state index is 12.9. The Labute approximate surface area is 289 Å². The molecule has 8 fully saturated rings. The van der Waals surface area contributed by atoms with Crippen LogP contribution in [0.25, 0.3) is 0 Å². The van der Waals surface area contributed by atoms with Crippen LogP contribution in [0, 0.1) is 44.8 Å². The van der Waals surface area contributed by atoms with Crippen molar-refractivity contribution in [1.82, 2.24) is 0 Å². The number of aliphatic hydroxyl groups excluding tert-OH is 3. The van der Waals surface area contributed by atoms with Gasteiger partial charge >= 0.3 is 5.97 Å². The van der Waals surface area contributed by atoms with Gasteiger partial charge in [-0.05, 0) is 74.0 Å². The van der Waals surface area contributed by atoms with E-state index in [1.165, 1.54) is 5.57 Å². The summed E-state index contributed by atoms with van der Waals surface area (Å²) in [5.74, 6) is -0.345. The lowest BCUT2D eigenvalue weighted by Gasteiger charge is -2.62. The molecule has 0 unspecified atom stereocenters. The number of esters is 1. The number of rotatable bonds is 4. The Morgan fingerprint density at radius 2 is 1.73 bits per heavy atom. The van der Waals surface area contributed by atoms with Crippen molar-refractivity contribution in [2.75, 3.05) is 13.7 Å². The molecule has 9 rings (SSSR count). The molecule has 11 heteroatoms. The van der Waals surface area contributed by atoms with E-state index in [0.29, 0.717) is 12.3 Å². The summed E-state index contributed by atoms with van der Waals surface area (Å²) in [4.78, 5) is 12.9. The van der Waals surface area contributed by atoms with Gasteiger partial charge in [0.25, 0.3) is 0 Å². The first-order valence-electron chi connectivity index (χ1n) is 18.7. The standard InChI is InChI=1S/C38H56O11/c1-18-13-38(30-35(7,48-30)31(43-8)49-38)47-21-14-33(5)23-10-9-22-32(3,4)24(46-29-28(42)27(41)20(40)16-44-29)11-12-36(22)17-37(23,36)15-25(45-19(2)39)34(33,6)26(18)21/h10,18,20-22,24-31,40-42H,9,11-17H2,1-8H3/t18-,20-,21+,22-,24-,25-,26+,27+,28-,29+,30+,31-,33+,34-,35-,36-,37+,38-/m1/s1. The van der Waals surface area contributed by atoms with Gasteiger partial charge in [0.1, 0.15) is 36.1 Å². The zero-order valence-electron chi connectivity index (χ0n) is 30.3. The molecule has 0 bridgehead atoms. The van der Waals surface area contributed by atoms with Gasteiger partial charge in [0.2, 0.25) is 5.79 Å². The molecule has 4 saturated heterocycles. The van der Waals surface area contributed by atoms with Gasteiger partial charge in [-0.3, -0.25) is 4.79 Å². The van der Waals surface area contributed by atoms with E-state index in [9.17, 15) is 20.1 Å². The molecule has 3 N–H and O–H groups in total. The van der Waals surface area contributed by atoms with Crippen molar-refractivity contribution < 1.29 is 53.3 Å². The highest BCUT2D eigenvalue weighted by molar-refractivity contribution is 5.66. The van der Waals surface area contributed by atoms with Crippen LogP contribution in [0.1, 0.15) is 93.4 Å². The second-order valence-electron chi connectivity index (χ2n) is 18.7. The summed E-state index contributed by atoms with van der Waals surface area (Å²) in [5, 5.41) is 31.0. The van der Waals surface area contributed by atoms with E-state index in [-0.39, 0.29) is 75.9 Å². The van der Waals surface area contributed by atoms with Gasteiger partial charge in [-0.1, -0.05) is 46.3 Å². The third-order valence-corrected chi connectivity index (χ3v) is 16.3. The summed E-state index contributed by atoms with van der Waals surface area (Å²) in [6, 6.07) is 0. The smallest absolute Gasteiger partial charge is 0.302 e. The summed E-state index contributed by atoms with van der Waals surface area (Å²) in [6.45, 7) is 15.2. The van der Waals surface area contributed by atoms with Crippen molar-refractivity contribution >= 4 is 5.97 Å². The van der Waals surface area contributed by atoms with Crippen molar-refractivity contribution in [3.8, 4) is 0 Å². The topological polar surface area (TPSA) is 146 Å². The molecule has 4 aliphatic heterocycles. The first-order chi connectivity index (χ1) is 22.9. The quantitative estimate of drug-likeness (QED) is 0.226. The minimum atomic E-state index is -1.31. The molecule has 0 aromatic carbocycles. The molecule has 5 aliphatic carbocycles. The van der Waals surface area contributed by atoms with Crippen molar-refractivity contribution in [2.45, 2.75) is 160 Å². The molecule has 49 heavy (non-hydrogen) atoms. The lowest BCUT2D eigenvalue weighted by molar-refractivity contribution is -0.349. The van der Waals surface area contributed by atoms with Crippen LogP contribution in [0.3, 0.4) is 0 Å². The van der Waals surface area contributed by atoms with Crippen LogP contribution >= 0.6 is 0 Å². The summed E-state index contributed by atoms with van der Waals surface area (Å²) < 4.78 is 44.3. The number of aliphatic hydroxyl groups is 3. The highest BCUT2D eigenvalue weighted by Crippen LogP contribution is 2.88. The van der Waals surface area contributed by atoms with Crippen LogP contribution < -0.4 is 0 Å². The van der Waals surface area contributed by atoms with Gasteiger partial charge in [-0.2, -0.15) is 0 Å². The molecule has 0 aromatic rings. The number of methoxy groups -OCH3 is 1. The number of hydrogen-bond donors (Lipinski definition) is 3. The van der Waals surface area contributed by atoms with Crippen molar-refractivity contribution in [3.63, 3.8) is 0 Å². The van der Waals surface area contributed by atoms with Crippen molar-refractivity contribution in [1.29, 1.82) is 0 Å². The van der Waals surface area contributed by atoms with Crippen LogP contribution in [0.5, 0.6) is 0 Å². The molecule has 3 spiro atoms. The second-order valence-corrected chi connectivity index (χ2v) is 18.7. The summed E-state index contributed by atoms with van der Waals surface area (Å²) in [7, 11) is 1.66. The fraction of sp³-hybridized carbons (Fsp3) is 0.921. The third kappa shape index (κ3) is 3.93. The Morgan fingerprint density at radius 3 is 2.43 bits per heavy atom. The van der Waals surface area contributed by atoms with Crippen molar-refractivity contribution in [3.05, 3.63) is 11.6 Å². The molecule has 0 aromatic heterocycles. The number of allylic oxidation sites excluding steroid dienone is 2. The molecule has 0 radical (unpaired) electrons. The summed E-state index contributed by atoms with van der Waals surface area (Å²) in [6.07, 6.45) is 2.72. The molecule has 9 aliphatic rings. The van der Waals surface area contributed by atoms with E-state index >= 15 is 0 Å². The van der Waals surface area contributed by atoms with Crippen LogP contribution in [-0.4, -0.2) is 102 Å². The second kappa shape index (κ2) is 10.1. The van der Waals surface area contributed by atoms with Crippen molar-refractivity contribution in [2.24, 2.45) is 44.8 Å². The minimum Gasteiger partial charge on any atom is -0.462 e. The molecule has 11 nitrogen and oxygen atoms in total. The maximum absolute atomic E-state index is 12.9. The van der Waals surface area contributed by atoms with Crippen LogP contribution in [0.2, 0.25) is 0 Å². The Bertz CT molecular complexity index is 1470. The number of carbonyl (C=O) groups excluding carboxylic acids is 1. The maximum Gasteiger partial charge on any atom is 0.302 e. The van der Waals surface area contributed by atoms with Gasteiger partial charge in [-0.25, -0.2) is 0 Å². The van der Waals surface area contributed by atoms with Gasteiger partial charge in [-0.15, -0.1) is 0 Å². The summed E-state index contributed by atoms with van der Waals surface area (Å²) >= 11 is 0. The monoisotopic (exact) mass is 688 g/mol. The molecule has 274 valence electrons. The lowest BCUT2D eigenvalue weighted by atomic mass is 9.44. The first-order valence-corrected chi connectivity index (χ1v) is 18.7. The normalized spacial score (nSPS) is 60.6. The van der Waals surface area contributed by atoms with E-state index in [4.69, 9.17) is 33.2 Å². The lowest BCUT2D eigenvalue weighted by Crippen LogP contribution is -2.61.